The first kappa shape index (κ1) is 14.1. The van der Waals surface area contributed by atoms with Crippen LogP contribution in [0.4, 0.5) is 5.69 Å². The molecule has 1 atom stereocenters. The minimum absolute atomic E-state index is 0.379. The molecule has 6 heteroatoms. The van der Waals surface area contributed by atoms with E-state index in [0.29, 0.717) is 31.0 Å². The maximum atomic E-state index is 12.3. The molecule has 0 bridgehead atoms. The quantitative estimate of drug-likeness (QED) is 0.861. The van der Waals surface area contributed by atoms with Gasteiger partial charge in [0.25, 0.3) is 0 Å². The van der Waals surface area contributed by atoms with Crippen LogP contribution in [0.2, 0.25) is 0 Å². The third-order valence-electron chi connectivity index (χ3n) is 3.13. The molecular formula is C13H20N2O3S. The summed E-state index contributed by atoms with van der Waals surface area (Å²) in [6, 6.07) is 7.10. The van der Waals surface area contributed by atoms with Crippen molar-refractivity contribution in [2.45, 2.75) is 25.0 Å². The summed E-state index contributed by atoms with van der Waals surface area (Å²) in [5.74, 6) is 0.567. The predicted octanol–water partition coefficient (Wildman–Crippen LogP) is 1.58. The van der Waals surface area contributed by atoms with E-state index in [-0.39, 0.29) is 5.25 Å². The van der Waals surface area contributed by atoms with Gasteiger partial charge < -0.3 is 10.1 Å². The van der Waals surface area contributed by atoms with E-state index in [4.69, 9.17) is 4.74 Å². The molecule has 0 aromatic heterocycles. The number of hydrogen-bond acceptors (Lipinski definition) is 4. The van der Waals surface area contributed by atoms with Gasteiger partial charge in [-0.25, -0.2) is 8.42 Å². The lowest BCUT2D eigenvalue weighted by atomic mass is 10.2. The Hall–Kier alpha value is -1.27. The zero-order valence-electron chi connectivity index (χ0n) is 11.1. The summed E-state index contributed by atoms with van der Waals surface area (Å²) in [6.45, 7) is 3.77. The molecule has 1 aromatic carbocycles. The number of anilines is 1. The molecule has 1 aliphatic heterocycles. The van der Waals surface area contributed by atoms with E-state index in [9.17, 15) is 8.42 Å². The van der Waals surface area contributed by atoms with Crippen LogP contribution in [0.25, 0.3) is 0 Å². The fourth-order valence-electron chi connectivity index (χ4n) is 2.15. The van der Waals surface area contributed by atoms with Gasteiger partial charge in [-0.3, -0.25) is 4.72 Å². The monoisotopic (exact) mass is 284 g/mol. The van der Waals surface area contributed by atoms with Crippen LogP contribution >= 0.6 is 0 Å². The van der Waals surface area contributed by atoms with Crippen LogP contribution in [-0.4, -0.2) is 33.4 Å². The summed E-state index contributed by atoms with van der Waals surface area (Å²) < 4.78 is 32.7. The van der Waals surface area contributed by atoms with E-state index in [1.165, 1.54) is 0 Å². The molecule has 19 heavy (non-hydrogen) atoms. The smallest absolute Gasteiger partial charge is 0.236 e. The predicted molar refractivity (Wildman–Crippen MR) is 76.0 cm³/mol. The Bertz CT molecular complexity index is 510. The number of sulfonamides is 1. The minimum atomic E-state index is -3.37. The lowest BCUT2D eigenvalue weighted by Gasteiger charge is -2.24. The van der Waals surface area contributed by atoms with Crippen LogP contribution in [0.5, 0.6) is 5.75 Å². The molecule has 1 unspecified atom stereocenters. The van der Waals surface area contributed by atoms with Crippen molar-refractivity contribution in [1.82, 2.24) is 5.32 Å². The van der Waals surface area contributed by atoms with Crippen LogP contribution in [-0.2, 0) is 10.0 Å². The average Bonchev–Trinajstić information content (AvgIpc) is 2.42. The van der Waals surface area contributed by atoms with E-state index in [1.807, 2.05) is 13.0 Å². The van der Waals surface area contributed by atoms with Crippen molar-refractivity contribution in [3.8, 4) is 5.75 Å². The van der Waals surface area contributed by atoms with Crippen molar-refractivity contribution in [3.05, 3.63) is 24.3 Å². The molecule has 1 heterocycles. The summed E-state index contributed by atoms with van der Waals surface area (Å²) >= 11 is 0. The van der Waals surface area contributed by atoms with Crippen LogP contribution in [0.3, 0.4) is 0 Å². The Morgan fingerprint density at radius 2 is 2.21 bits per heavy atom. The number of nitrogens with one attached hydrogen (secondary N) is 2. The number of para-hydroxylation sites is 2. The first-order valence-electron chi connectivity index (χ1n) is 6.57. The van der Waals surface area contributed by atoms with Crippen molar-refractivity contribution in [1.29, 1.82) is 0 Å². The highest BCUT2D eigenvalue weighted by atomic mass is 32.2. The van der Waals surface area contributed by atoms with Crippen LogP contribution in [0.15, 0.2) is 24.3 Å². The normalized spacial score (nSPS) is 19.9. The van der Waals surface area contributed by atoms with E-state index in [2.05, 4.69) is 10.0 Å². The zero-order valence-corrected chi connectivity index (χ0v) is 11.9. The van der Waals surface area contributed by atoms with Crippen molar-refractivity contribution < 1.29 is 13.2 Å². The van der Waals surface area contributed by atoms with Gasteiger partial charge in [0.1, 0.15) is 5.75 Å². The van der Waals surface area contributed by atoms with Gasteiger partial charge in [0.15, 0.2) is 0 Å². The first-order valence-corrected chi connectivity index (χ1v) is 8.12. The molecule has 0 aliphatic carbocycles. The summed E-state index contributed by atoms with van der Waals surface area (Å²) in [5, 5.41) is 2.74. The highest BCUT2D eigenvalue weighted by molar-refractivity contribution is 7.93. The summed E-state index contributed by atoms with van der Waals surface area (Å²) in [4.78, 5) is 0. The van der Waals surface area contributed by atoms with E-state index in [0.717, 1.165) is 13.0 Å². The number of benzene rings is 1. The molecular weight excluding hydrogens is 264 g/mol. The first-order chi connectivity index (χ1) is 9.13. The Morgan fingerprint density at radius 3 is 2.89 bits per heavy atom. The van der Waals surface area contributed by atoms with E-state index in [1.54, 1.807) is 18.2 Å². The van der Waals surface area contributed by atoms with Crippen LogP contribution < -0.4 is 14.8 Å². The number of rotatable bonds is 5. The number of hydrogen-bond donors (Lipinski definition) is 2. The van der Waals surface area contributed by atoms with Gasteiger partial charge in [0.2, 0.25) is 10.0 Å². The van der Waals surface area contributed by atoms with Gasteiger partial charge in [-0.1, -0.05) is 12.1 Å². The van der Waals surface area contributed by atoms with Gasteiger partial charge in [0.05, 0.1) is 17.5 Å². The Balaban J connectivity index is 2.15. The van der Waals surface area contributed by atoms with Gasteiger partial charge in [-0.15, -0.1) is 0 Å². The highest BCUT2D eigenvalue weighted by Gasteiger charge is 2.27. The van der Waals surface area contributed by atoms with Gasteiger partial charge in [-0.05, 0) is 38.4 Å². The van der Waals surface area contributed by atoms with Crippen molar-refractivity contribution >= 4 is 15.7 Å². The lowest BCUT2D eigenvalue weighted by molar-refractivity contribution is 0.342. The molecule has 0 saturated carbocycles. The molecule has 1 fully saturated rings. The lowest BCUT2D eigenvalue weighted by Crippen LogP contribution is -2.41. The van der Waals surface area contributed by atoms with E-state index >= 15 is 0 Å². The maximum Gasteiger partial charge on any atom is 0.236 e. The van der Waals surface area contributed by atoms with E-state index < -0.39 is 10.0 Å². The third-order valence-corrected chi connectivity index (χ3v) is 4.91. The highest BCUT2D eigenvalue weighted by Crippen LogP contribution is 2.26. The Morgan fingerprint density at radius 1 is 1.42 bits per heavy atom. The molecule has 0 amide bonds. The molecule has 0 spiro atoms. The molecule has 0 radical (unpaired) electrons. The topological polar surface area (TPSA) is 67.4 Å². The largest absolute Gasteiger partial charge is 0.492 e. The van der Waals surface area contributed by atoms with Crippen molar-refractivity contribution in [3.63, 3.8) is 0 Å². The molecule has 2 rings (SSSR count). The maximum absolute atomic E-state index is 12.3. The SMILES string of the molecule is CCOc1ccccc1NS(=O)(=O)C1CCCNC1. The van der Waals surface area contributed by atoms with Crippen molar-refractivity contribution in [2.24, 2.45) is 0 Å². The number of ether oxygens (including phenoxy) is 1. The van der Waals surface area contributed by atoms with Gasteiger partial charge >= 0.3 is 0 Å². The molecule has 2 N–H and O–H groups in total. The number of piperidine rings is 1. The molecule has 106 valence electrons. The second-order valence-corrected chi connectivity index (χ2v) is 6.51. The summed E-state index contributed by atoms with van der Waals surface area (Å²) in [6.07, 6.45) is 1.58. The molecule has 1 saturated heterocycles. The third kappa shape index (κ3) is 3.61. The van der Waals surface area contributed by atoms with Crippen LogP contribution in [0.1, 0.15) is 19.8 Å². The zero-order chi connectivity index (χ0) is 13.7. The second kappa shape index (κ2) is 6.25. The minimum Gasteiger partial charge on any atom is -0.492 e. The summed E-state index contributed by atoms with van der Waals surface area (Å²) in [7, 11) is -3.37. The van der Waals surface area contributed by atoms with Crippen LogP contribution in [0, 0.1) is 0 Å². The standard InChI is InChI=1S/C13H20N2O3S/c1-2-18-13-8-4-3-7-12(13)15-19(16,17)11-6-5-9-14-10-11/h3-4,7-8,11,14-15H,2,5-6,9-10H2,1H3. The average molecular weight is 284 g/mol. The molecule has 5 nitrogen and oxygen atoms in total. The fraction of sp³-hybridized carbons (Fsp3) is 0.538. The van der Waals surface area contributed by atoms with Gasteiger partial charge in [0, 0.05) is 6.54 Å². The van der Waals surface area contributed by atoms with Gasteiger partial charge in [-0.2, -0.15) is 0 Å². The molecule has 1 aliphatic rings. The van der Waals surface area contributed by atoms with Crippen molar-refractivity contribution in [2.75, 3.05) is 24.4 Å². The Kier molecular flexibility index (Phi) is 4.66. The Labute approximate surface area is 114 Å². The fourth-order valence-corrected chi connectivity index (χ4v) is 3.61. The summed E-state index contributed by atoms with van der Waals surface area (Å²) in [5.41, 5.74) is 0.509. The second-order valence-electron chi connectivity index (χ2n) is 4.54. The molecule has 1 aromatic rings.